The van der Waals surface area contributed by atoms with Crippen LogP contribution in [0.3, 0.4) is 0 Å². The normalized spacial score (nSPS) is 18.8. The van der Waals surface area contributed by atoms with Gasteiger partial charge in [-0.25, -0.2) is 14.8 Å². The minimum atomic E-state index is -0.986. The van der Waals surface area contributed by atoms with Crippen LogP contribution in [0.25, 0.3) is 0 Å². The number of para-hydroxylation sites is 1. The fraction of sp³-hybridized carbons (Fsp3) is 0.250. The van der Waals surface area contributed by atoms with Gasteiger partial charge in [-0.05, 0) is 68.8 Å². The van der Waals surface area contributed by atoms with E-state index < -0.39 is 15.9 Å². The van der Waals surface area contributed by atoms with Crippen LogP contribution in [0.5, 0.6) is 0 Å². The molecule has 0 fully saturated rings. The highest BCUT2D eigenvalue weighted by atomic mass is 32.2. The maximum Gasteiger partial charge on any atom is 0.365 e. The standard InChI is InChI=1S/C28H27N5O4S/c1-4-37-27(34)26-30-32(22-11-8-12-23(18-22)33(35)36)28(38-26)16-15-25(24-17-19(2)13-14-20(24)3)29-31(28)21-9-6-5-7-10-21/h5-14,17-18H,4,15-16H2,1-3H3/t28-/m0/s1. The molecule has 0 bridgehead atoms. The number of aryl methyl sites for hydroxylation is 2. The monoisotopic (exact) mass is 529 g/mol. The topological polar surface area (TPSA) is 101 Å². The Morgan fingerprint density at radius 3 is 2.50 bits per heavy atom. The van der Waals surface area contributed by atoms with Crippen molar-refractivity contribution in [1.29, 1.82) is 0 Å². The Balaban J connectivity index is 1.69. The quantitative estimate of drug-likeness (QED) is 0.219. The molecule has 1 atom stereocenters. The molecule has 0 aromatic heterocycles. The van der Waals surface area contributed by atoms with Gasteiger partial charge in [0.2, 0.25) is 10.0 Å². The summed E-state index contributed by atoms with van der Waals surface area (Å²) in [5.41, 5.74) is 5.47. The molecular weight excluding hydrogens is 502 g/mol. The van der Waals surface area contributed by atoms with Crippen molar-refractivity contribution >= 4 is 45.5 Å². The van der Waals surface area contributed by atoms with Crippen LogP contribution in [0, 0.1) is 24.0 Å². The molecule has 0 saturated carbocycles. The minimum Gasteiger partial charge on any atom is -0.461 e. The number of hydrogen-bond acceptors (Lipinski definition) is 9. The lowest BCUT2D eigenvalue weighted by molar-refractivity contribution is -0.384. The number of nitro benzene ring substituents is 1. The fourth-order valence-electron chi connectivity index (χ4n) is 4.65. The second-order valence-electron chi connectivity index (χ2n) is 9.07. The first-order valence-corrected chi connectivity index (χ1v) is 13.1. The number of hydrogen-bond donors (Lipinski definition) is 0. The Labute approximate surface area is 224 Å². The highest BCUT2D eigenvalue weighted by molar-refractivity contribution is 8.17. The summed E-state index contributed by atoms with van der Waals surface area (Å²) in [5, 5.41) is 25.1. The van der Waals surface area contributed by atoms with E-state index in [-0.39, 0.29) is 17.3 Å². The van der Waals surface area contributed by atoms with Crippen LogP contribution >= 0.6 is 11.8 Å². The van der Waals surface area contributed by atoms with Crippen LogP contribution in [0.1, 0.15) is 36.5 Å². The molecule has 0 saturated heterocycles. The smallest absolute Gasteiger partial charge is 0.365 e. The molecule has 2 heterocycles. The van der Waals surface area contributed by atoms with E-state index in [1.54, 1.807) is 24.1 Å². The van der Waals surface area contributed by atoms with Crippen LogP contribution < -0.4 is 10.0 Å². The lowest BCUT2D eigenvalue weighted by Gasteiger charge is -2.46. The molecule has 9 nitrogen and oxygen atoms in total. The van der Waals surface area contributed by atoms with Gasteiger partial charge in [0.05, 0.1) is 28.6 Å². The van der Waals surface area contributed by atoms with Crippen LogP contribution in [-0.4, -0.2) is 33.2 Å². The number of rotatable bonds is 6. The van der Waals surface area contributed by atoms with Gasteiger partial charge in [-0.1, -0.05) is 42.0 Å². The zero-order valence-corrected chi connectivity index (χ0v) is 22.1. The van der Waals surface area contributed by atoms with E-state index in [4.69, 9.17) is 9.84 Å². The van der Waals surface area contributed by atoms with Crippen molar-refractivity contribution in [1.82, 2.24) is 0 Å². The first-order chi connectivity index (χ1) is 18.3. The Morgan fingerprint density at radius 2 is 1.76 bits per heavy atom. The summed E-state index contributed by atoms with van der Waals surface area (Å²) in [6.07, 6.45) is 1.14. The van der Waals surface area contributed by atoms with Gasteiger partial charge in [-0.15, -0.1) is 0 Å². The minimum absolute atomic E-state index is 0.0657. The fourth-order valence-corrected chi connectivity index (χ4v) is 5.89. The van der Waals surface area contributed by atoms with Crippen LogP contribution in [0.4, 0.5) is 17.1 Å². The maximum atomic E-state index is 12.9. The van der Waals surface area contributed by atoms with Gasteiger partial charge in [-0.3, -0.25) is 10.1 Å². The van der Waals surface area contributed by atoms with Gasteiger partial charge < -0.3 is 4.74 Å². The molecule has 0 radical (unpaired) electrons. The van der Waals surface area contributed by atoms with E-state index in [9.17, 15) is 14.9 Å². The summed E-state index contributed by atoms with van der Waals surface area (Å²) >= 11 is 1.26. The van der Waals surface area contributed by atoms with Gasteiger partial charge in [0, 0.05) is 24.1 Å². The second kappa shape index (κ2) is 10.3. The van der Waals surface area contributed by atoms with Gasteiger partial charge in [0.15, 0.2) is 0 Å². The molecule has 2 aliphatic rings. The third-order valence-electron chi connectivity index (χ3n) is 6.46. The molecule has 1 spiro atoms. The number of carbonyl (C=O) groups excluding carboxylic acids is 1. The largest absolute Gasteiger partial charge is 0.461 e. The van der Waals surface area contributed by atoms with Crippen LogP contribution in [0.15, 0.2) is 83.0 Å². The van der Waals surface area contributed by atoms with Gasteiger partial charge in [0.1, 0.15) is 0 Å². The number of benzene rings is 3. The summed E-state index contributed by atoms with van der Waals surface area (Å²) in [6, 6.07) is 22.2. The highest BCUT2D eigenvalue weighted by Gasteiger charge is 2.53. The zero-order valence-electron chi connectivity index (χ0n) is 21.3. The molecule has 2 aliphatic heterocycles. The summed E-state index contributed by atoms with van der Waals surface area (Å²) < 4.78 is 5.29. The number of ether oxygens (including phenoxy) is 1. The Morgan fingerprint density at radius 1 is 1.03 bits per heavy atom. The molecule has 0 aliphatic carbocycles. The molecule has 0 unspecified atom stereocenters. The van der Waals surface area contributed by atoms with E-state index in [2.05, 4.69) is 37.1 Å². The molecule has 0 amide bonds. The summed E-state index contributed by atoms with van der Waals surface area (Å²) in [4.78, 5) is 23.0. The molecule has 3 aromatic carbocycles. The van der Waals surface area contributed by atoms with E-state index >= 15 is 0 Å². The number of carbonyl (C=O) groups is 1. The molecule has 194 valence electrons. The van der Waals surface area contributed by atoms with Crippen LogP contribution in [-0.2, 0) is 9.53 Å². The van der Waals surface area contributed by atoms with Gasteiger partial charge >= 0.3 is 5.97 Å². The predicted octanol–water partition coefficient (Wildman–Crippen LogP) is 6.00. The van der Waals surface area contributed by atoms with Gasteiger partial charge in [0.25, 0.3) is 5.69 Å². The molecule has 5 rings (SSSR count). The Bertz CT molecular complexity index is 1460. The van der Waals surface area contributed by atoms with Crippen molar-refractivity contribution in [3.8, 4) is 0 Å². The van der Waals surface area contributed by atoms with E-state index in [0.717, 1.165) is 28.1 Å². The second-order valence-corrected chi connectivity index (χ2v) is 10.3. The van der Waals surface area contributed by atoms with Crippen molar-refractivity contribution in [2.75, 3.05) is 16.6 Å². The summed E-state index contributed by atoms with van der Waals surface area (Å²) in [7, 11) is 0. The number of nitro groups is 1. The predicted molar refractivity (Wildman–Crippen MR) is 151 cm³/mol. The highest BCUT2D eigenvalue weighted by Crippen LogP contribution is 2.50. The average molecular weight is 530 g/mol. The number of thioether (sulfide) groups is 1. The lowest BCUT2D eigenvalue weighted by atomic mass is 9.96. The van der Waals surface area contributed by atoms with Crippen molar-refractivity contribution in [3.63, 3.8) is 0 Å². The Kier molecular flexibility index (Phi) is 6.90. The van der Waals surface area contributed by atoms with Crippen molar-refractivity contribution < 1.29 is 14.5 Å². The third kappa shape index (κ3) is 4.63. The molecule has 38 heavy (non-hydrogen) atoms. The average Bonchev–Trinajstić information content (AvgIpc) is 3.31. The Hall–Kier alpha value is -4.18. The number of non-ortho nitro benzene ring substituents is 1. The first-order valence-electron chi connectivity index (χ1n) is 12.3. The van der Waals surface area contributed by atoms with E-state index in [1.165, 1.54) is 23.9 Å². The molecular formula is C28H27N5O4S. The third-order valence-corrected chi connectivity index (χ3v) is 7.78. The SMILES string of the molecule is CCOC(=O)C1=NN(c2cccc([N+](=O)[O-])c2)[C@@]2(CCC(c3cc(C)ccc3C)=NN2c2ccccc2)S1. The number of hydrazone groups is 2. The maximum absolute atomic E-state index is 12.9. The number of esters is 1. The van der Waals surface area contributed by atoms with Crippen molar-refractivity contribution in [2.45, 2.75) is 38.6 Å². The molecule has 3 aromatic rings. The zero-order chi connectivity index (χ0) is 26.9. The van der Waals surface area contributed by atoms with E-state index in [1.807, 2.05) is 35.3 Å². The molecule has 0 N–H and O–H groups in total. The molecule has 10 heteroatoms. The summed E-state index contributed by atoms with van der Waals surface area (Å²) in [5.74, 6) is -0.540. The number of nitrogens with zero attached hydrogens (tertiary/aromatic N) is 5. The van der Waals surface area contributed by atoms with Crippen molar-refractivity contribution in [2.24, 2.45) is 10.2 Å². The first kappa shape index (κ1) is 25.5. The van der Waals surface area contributed by atoms with Gasteiger partial charge in [-0.2, -0.15) is 10.2 Å². The van der Waals surface area contributed by atoms with E-state index in [0.29, 0.717) is 18.5 Å². The number of anilines is 2. The lowest BCUT2D eigenvalue weighted by Crippen LogP contribution is -2.56. The summed E-state index contributed by atoms with van der Waals surface area (Å²) in [6.45, 7) is 6.07. The van der Waals surface area contributed by atoms with Crippen molar-refractivity contribution in [3.05, 3.63) is 99.6 Å². The van der Waals surface area contributed by atoms with Crippen LogP contribution in [0.2, 0.25) is 0 Å².